The first kappa shape index (κ1) is 16.2. The largest absolute Gasteiger partial charge is 0.461 e. The summed E-state index contributed by atoms with van der Waals surface area (Å²) in [6.07, 6.45) is 2.17. The Morgan fingerprint density at radius 1 is 1.14 bits per heavy atom. The van der Waals surface area contributed by atoms with E-state index in [1.807, 2.05) is 4.90 Å². The van der Waals surface area contributed by atoms with E-state index in [4.69, 9.17) is 25.8 Å². The molecule has 7 nitrogen and oxygen atoms in total. The molecule has 0 aliphatic carbocycles. The predicted octanol–water partition coefficient (Wildman–Crippen LogP) is 1.56. The third-order valence-electron chi connectivity index (χ3n) is 2.97. The summed E-state index contributed by atoms with van der Waals surface area (Å²) >= 11 is 5.92. The van der Waals surface area contributed by atoms with Gasteiger partial charge in [-0.1, -0.05) is 13.3 Å². The Hall–Kier alpha value is -1.18. The highest BCUT2D eigenvalue weighted by molar-refractivity contribution is 6.28. The second-order valence-corrected chi connectivity index (χ2v) is 4.94. The van der Waals surface area contributed by atoms with Gasteiger partial charge in [0.2, 0.25) is 11.2 Å². The molecule has 1 aromatic rings. The van der Waals surface area contributed by atoms with Crippen molar-refractivity contribution in [1.29, 1.82) is 0 Å². The third-order valence-corrected chi connectivity index (χ3v) is 3.14. The minimum Gasteiger partial charge on any atom is -0.461 e. The third kappa shape index (κ3) is 5.61. The van der Waals surface area contributed by atoms with Crippen LogP contribution in [0.4, 0.5) is 5.95 Å². The standard InChI is InChI=1S/C13H21ClN4O3/c1-2-3-6-19-9-10-21-13-16-11(14)15-12(17-13)18-4-7-20-8-5-18/h2-10H2,1H3. The van der Waals surface area contributed by atoms with Crippen molar-refractivity contribution in [1.82, 2.24) is 15.0 Å². The smallest absolute Gasteiger partial charge is 0.322 e. The van der Waals surface area contributed by atoms with Gasteiger partial charge in [0.1, 0.15) is 6.61 Å². The number of hydrogen-bond acceptors (Lipinski definition) is 7. The SMILES string of the molecule is CCCCOCCOc1nc(Cl)nc(N2CCOCC2)n1. The summed E-state index contributed by atoms with van der Waals surface area (Å²) in [5, 5.41) is 0.133. The van der Waals surface area contributed by atoms with Crippen LogP contribution in [0.15, 0.2) is 0 Å². The highest BCUT2D eigenvalue weighted by Crippen LogP contribution is 2.16. The fourth-order valence-corrected chi connectivity index (χ4v) is 1.98. The van der Waals surface area contributed by atoms with Gasteiger partial charge in [0.05, 0.1) is 19.8 Å². The minimum atomic E-state index is 0.133. The molecule has 0 aromatic carbocycles. The molecule has 118 valence electrons. The summed E-state index contributed by atoms with van der Waals surface area (Å²) in [6.45, 7) is 6.56. The zero-order chi connectivity index (χ0) is 14.9. The lowest BCUT2D eigenvalue weighted by atomic mass is 10.4. The van der Waals surface area contributed by atoms with Gasteiger partial charge in [-0.3, -0.25) is 0 Å². The Kier molecular flexibility index (Phi) is 6.91. The van der Waals surface area contributed by atoms with E-state index in [0.29, 0.717) is 32.4 Å². The van der Waals surface area contributed by atoms with E-state index in [1.165, 1.54) is 0 Å². The summed E-state index contributed by atoms with van der Waals surface area (Å²) in [4.78, 5) is 14.4. The zero-order valence-corrected chi connectivity index (χ0v) is 13.0. The molecule has 0 spiro atoms. The van der Waals surface area contributed by atoms with Gasteiger partial charge in [-0.15, -0.1) is 0 Å². The van der Waals surface area contributed by atoms with Crippen LogP contribution in [-0.4, -0.2) is 61.1 Å². The van der Waals surface area contributed by atoms with Crippen LogP contribution in [-0.2, 0) is 9.47 Å². The number of rotatable bonds is 8. The first-order valence-electron chi connectivity index (χ1n) is 7.24. The summed E-state index contributed by atoms with van der Waals surface area (Å²) in [7, 11) is 0. The highest BCUT2D eigenvalue weighted by Gasteiger charge is 2.16. The van der Waals surface area contributed by atoms with Crippen molar-refractivity contribution >= 4 is 17.5 Å². The monoisotopic (exact) mass is 316 g/mol. The number of halogens is 1. The van der Waals surface area contributed by atoms with Crippen LogP contribution in [0.2, 0.25) is 5.28 Å². The molecule has 0 amide bonds. The van der Waals surface area contributed by atoms with E-state index in [2.05, 4.69) is 21.9 Å². The van der Waals surface area contributed by atoms with E-state index < -0.39 is 0 Å². The number of hydrogen-bond donors (Lipinski definition) is 0. The van der Waals surface area contributed by atoms with Gasteiger partial charge in [-0.25, -0.2) is 0 Å². The Bertz CT molecular complexity index is 430. The number of anilines is 1. The average Bonchev–Trinajstić information content (AvgIpc) is 2.51. The number of morpholine rings is 1. The van der Waals surface area contributed by atoms with Crippen molar-refractivity contribution in [2.24, 2.45) is 0 Å². The van der Waals surface area contributed by atoms with Gasteiger partial charge in [0.15, 0.2) is 0 Å². The van der Waals surface area contributed by atoms with Crippen LogP contribution in [0.5, 0.6) is 6.01 Å². The molecule has 0 bridgehead atoms. The predicted molar refractivity (Wildman–Crippen MR) is 79.1 cm³/mol. The summed E-state index contributed by atoms with van der Waals surface area (Å²) in [5.74, 6) is 0.528. The zero-order valence-electron chi connectivity index (χ0n) is 12.3. The van der Waals surface area contributed by atoms with Crippen molar-refractivity contribution in [2.75, 3.05) is 51.0 Å². The number of nitrogens with zero attached hydrogens (tertiary/aromatic N) is 4. The van der Waals surface area contributed by atoms with Crippen molar-refractivity contribution < 1.29 is 14.2 Å². The van der Waals surface area contributed by atoms with Gasteiger partial charge in [-0.2, -0.15) is 15.0 Å². The quantitative estimate of drug-likeness (QED) is 0.674. The summed E-state index contributed by atoms with van der Waals surface area (Å²) in [5.41, 5.74) is 0. The molecule has 8 heteroatoms. The van der Waals surface area contributed by atoms with Crippen LogP contribution >= 0.6 is 11.6 Å². The topological polar surface area (TPSA) is 69.6 Å². The van der Waals surface area contributed by atoms with Crippen LogP contribution in [0.3, 0.4) is 0 Å². The van der Waals surface area contributed by atoms with Gasteiger partial charge in [-0.05, 0) is 18.0 Å². The van der Waals surface area contributed by atoms with Gasteiger partial charge >= 0.3 is 6.01 Å². The summed E-state index contributed by atoms with van der Waals surface area (Å²) < 4.78 is 16.2. The van der Waals surface area contributed by atoms with E-state index in [-0.39, 0.29) is 11.3 Å². The lowest BCUT2D eigenvalue weighted by Crippen LogP contribution is -2.37. The lowest BCUT2D eigenvalue weighted by molar-refractivity contribution is 0.0945. The van der Waals surface area contributed by atoms with Gasteiger partial charge in [0, 0.05) is 19.7 Å². The van der Waals surface area contributed by atoms with Crippen molar-refractivity contribution in [2.45, 2.75) is 19.8 Å². The first-order valence-corrected chi connectivity index (χ1v) is 7.62. The molecule has 0 N–H and O–H groups in total. The van der Waals surface area contributed by atoms with Crippen LogP contribution < -0.4 is 9.64 Å². The normalized spacial score (nSPS) is 15.2. The van der Waals surface area contributed by atoms with Crippen LogP contribution in [0.1, 0.15) is 19.8 Å². The lowest BCUT2D eigenvalue weighted by Gasteiger charge is -2.26. The number of unbranched alkanes of at least 4 members (excludes halogenated alkanes) is 1. The van der Waals surface area contributed by atoms with E-state index >= 15 is 0 Å². The number of ether oxygens (including phenoxy) is 3. The Labute approximate surface area is 129 Å². The molecule has 0 saturated carbocycles. The first-order chi connectivity index (χ1) is 10.3. The molecule has 1 saturated heterocycles. The molecule has 1 aromatic heterocycles. The van der Waals surface area contributed by atoms with Crippen LogP contribution in [0.25, 0.3) is 0 Å². The molecule has 1 aliphatic heterocycles. The summed E-state index contributed by atoms with van der Waals surface area (Å²) in [6, 6.07) is 0.232. The highest BCUT2D eigenvalue weighted by atomic mass is 35.5. The number of aromatic nitrogens is 3. The maximum Gasteiger partial charge on any atom is 0.322 e. The maximum atomic E-state index is 5.92. The molecule has 1 fully saturated rings. The van der Waals surface area contributed by atoms with Gasteiger partial charge < -0.3 is 19.1 Å². The minimum absolute atomic E-state index is 0.133. The van der Waals surface area contributed by atoms with E-state index in [1.54, 1.807) is 0 Å². The molecule has 21 heavy (non-hydrogen) atoms. The fraction of sp³-hybridized carbons (Fsp3) is 0.769. The van der Waals surface area contributed by atoms with Crippen molar-refractivity contribution in [3.8, 4) is 6.01 Å². The Balaban J connectivity index is 1.83. The maximum absolute atomic E-state index is 5.92. The molecule has 2 heterocycles. The Morgan fingerprint density at radius 3 is 2.71 bits per heavy atom. The molecule has 1 aliphatic rings. The van der Waals surface area contributed by atoms with E-state index in [9.17, 15) is 0 Å². The molecule has 0 atom stereocenters. The fourth-order valence-electron chi connectivity index (χ4n) is 1.83. The van der Waals surface area contributed by atoms with Crippen LogP contribution in [0, 0.1) is 0 Å². The van der Waals surface area contributed by atoms with Crippen molar-refractivity contribution in [3.63, 3.8) is 0 Å². The van der Waals surface area contributed by atoms with Gasteiger partial charge in [0.25, 0.3) is 0 Å². The molecule has 0 unspecified atom stereocenters. The molecule has 0 radical (unpaired) electrons. The Morgan fingerprint density at radius 2 is 1.95 bits per heavy atom. The molecule has 2 rings (SSSR count). The second kappa shape index (κ2) is 8.96. The van der Waals surface area contributed by atoms with E-state index in [0.717, 1.165) is 32.5 Å². The average molecular weight is 317 g/mol. The molecular weight excluding hydrogens is 296 g/mol. The van der Waals surface area contributed by atoms with Crippen molar-refractivity contribution in [3.05, 3.63) is 5.28 Å². The second-order valence-electron chi connectivity index (χ2n) is 4.60. The molecular formula is C13H21ClN4O3.